The Morgan fingerprint density at radius 3 is 2.30 bits per heavy atom. The van der Waals surface area contributed by atoms with Crippen molar-refractivity contribution < 1.29 is 22.3 Å². The van der Waals surface area contributed by atoms with Crippen molar-refractivity contribution in [2.45, 2.75) is 11.8 Å². The number of nitrogens with one attached hydrogen (secondary N) is 1. The Hall–Kier alpha value is -3.39. The van der Waals surface area contributed by atoms with Gasteiger partial charge in [0, 0.05) is 0 Å². The van der Waals surface area contributed by atoms with Crippen molar-refractivity contribution in [3.8, 4) is 5.75 Å². The fourth-order valence-corrected chi connectivity index (χ4v) is 4.29. The lowest BCUT2D eigenvalue weighted by Crippen LogP contribution is -2.38. The topological polar surface area (TPSA) is 75.7 Å². The first-order valence-electron chi connectivity index (χ1n) is 9.09. The molecule has 0 heterocycles. The summed E-state index contributed by atoms with van der Waals surface area (Å²) < 4.78 is 47.0. The number of benzene rings is 3. The molecule has 1 amide bonds. The van der Waals surface area contributed by atoms with Crippen LogP contribution >= 0.6 is 0 Å². The molecule has 0 spiro atoms. The van der Waals surface area contributed by atoms with Gasteiger partial charge in [-0.05, 0) is 43.3 Å². The van der Waals surface area contributed by atoms with Crippen LogP contribution in [-0.4, -0.2) is 28.0 Å². The normalized spacial score (nSPS) is 11.0. The maximum absolute atomic E-state index is 14.5. The Kier molecular flexibility index (Phi) is 6.37. The molecule has 0 fully saturated rings. The van der Waals surface area contributed by atoms with E-state index in [1.165, 1.54) is 37.4 Å². The van der Waals surface area contributed by atoms with Crippen molar-refractivity contribution >= 4 is 27.3 Å². The number of sulfonamides is 1. The maximum atomic E-state index is 14.5. The van der Waals surface area contributed by atoms with E-state index in [9.17, 15) is 17.6 Å². The van der Waals surface area contributed by atoms with Gasteiger partial charge in [0.05, 0.1) is 23.4 Å². The van der Waals surface area contributed by atoms with Crippen LogP contribution in [0.3, 0.4) is 0 Å². The first-order valence-corrected chi connectivity index (χ1v) is 10.5. The number of halogens is 1. The molecule has 3 aromatic rings. The lowest BCUT2D eigenvalue weighted by atomic mass is 10.2. The average Bonchev–Trinajstić information content (AvgIpc) is 2.73. The summed E-state index contributed by atoms with van der Waals surface area (Å²) in [5, 5.41) is 2.62. The Labute approximate surface area is 175 Å². The Morgan fingerprint density at radius 2 is 1.63 bits per heavy atom. The second-order valence-corrected chi connectivity index (χ2v) is 8.39. The predicted octanol–water partition coefficient (Wildman–Crippen LogP) is 3.98. The van der Waals surface area contributed by atoms with Gasteiger partial charge in [0.2, 0.25) is 5.91 Å². The number of aryl methyl sites for hydroxylation is 1. The van der Waals surface area contributed by atoms with Crippen molar-refractivity contribution in [3.63, 3.8) is 0 Å². The van der Waals surface area contributed by atoms with E-state index in [1.54, 1.807) is 36.4 Å². The van der Waals surface area contributed by atoms with Crippen molar-refractivity contribution in [2.75, 3.05) is 23.3 Å². The molecule has 30 heavy (non-hydrogen) atoms. The van der Waals surface area contributed by atoms with Gasteiger partial charge < -0.3 is 10.1 Å². The third-order valence-electron chi connectivity index (χ3n) is 4.40. The lowest BCUT2D eigenvalue weighted by molar-refractivity contribution is -0.114. The van der Waals surface area contributed by atoms with E-state index in [4.69, 9.17) is 4.74 Å². The highest BCUT2D eigenvalue weighted by molar-refractivity contribution is 7.92. The van der Waals surface area contributed by atoms with Gasteiger partial charge in [0.15, 0.2) is 0 Å². The van der Waals surface area contributed by atoms with E-state index in [0.29, 0.717) is 11.4 Å². The van der Waals surface area contributed by atoms with Gasteiger partial charge in [-0.1, -0.05) is 42.0 Å². The molecule has 3 aromatic carbocycles. The Bertz CT molecular complexity index is 1150. The van der Waals surface area contributed by atoms with Crippen LogP contribution in [0.4, 0.5) is 15.8 Å². The monoisotopic (exact) mass is 428 g/mol. The quantitative estimate of drug-likeness (QED) is 0.618. The number of methoxy groups -OCH3 is 1. The predicted molar refractivity (Wildman–Crippen MR) is 114 cm³/mol. The summed E-state index contributed by atoms with van der Waals surface area (Å²) >= 11 is 0. The summed E-state index contributed by atoms with van der Waals surface area (Å²) in [5.74, 6) is -0.971. The van der Waals surface area contributed by atoms with Crippen LogP contribution in [0.25, 0.3) is 0 Å². The average molecular weight is 428 g/mol. The highest BCUT2D eigenvalue weighted by Gasteiger charge is 2.29. The molecule has 0 saturated carbocycles. The summed E-state index contributed by atoms with van der Waals surface area (Å²) in [6, 6.07) is 18.3. The molecule has 6 nitrogen and oxygen atoms in total. The fourth-order valence-electron chi connectivity index (χ4n) is 2.86. The molecule has 0 unspecified atom stereocenters. The zero-order valence-corrected chi connectivity index (χ0v) is 17.3. The minimum Gasteiger partial charge on any atom is -0.495 e. The smallest absolute Gasteiger partial charge is 0.264 e. The van der Waals surface area contributed by atoms with Crippen LogP contribution in [0.1, 0.15) is 5.56 Å². The highest BCUT2D eigenvalue weighted by atomic mass is 32.2. The van der Waals surface area contributed by atoms with E-state index in [-0.39, 0.29) is 10.6 Å². The van der Waals surface area contributed by atoms with Crippen molar-refractivity contribution in [1.29, 1.82) is 0 Å². The maximum Gasteiger partial charge on any atom is 0.264 e. The molecular formula is C22H21FN2O4S. The first kappa shape index (κ1) is 21.3. The highest BCUT2D eigenvalue weighted by Crippen LogP contribution is 2.27. The number of anilines is 2. The molecule has 0 aliphatic carbocycles. The van der Waals surface area contributed by atoms with Crippen molar-refractivity contribution in [1.82, 2.24) is 0 Å². The van der Waals surface area contributed by atoms with Crippen LogP contribution in [0.5, 0.6) is 5.75 Å². The van der Waals surface area contributed by atoms with Crippen LogP contribution in [-0.2, 0) is 14.8 Å². The van der Waals surface area contributed by atoms with Gasteiger partial charge in [0.25, 0.3) is 10.0 Å². The number of hydrogen-bond acceptors (Lipinski definition) is 4. The second kappa shape index (κ2) is 8.96. The van der Waals surface area contributed by atoms with Gasteiger partial charge in [-0.15, -0.1) is 0 Å². The minimum atomic E-state index is -4.20. The van der Waals surface area contributed by atoms with Gasteiger partial charge in [-0.3, -0.25) is 9.10 Å². The summed E-state index contributed by atoms with van der Waals surface area (Å²) in [5.41, 5.74) is 1.04. The molecule has 1 N–H and O–H groups in total. The number of rotatable bonds is 7. The molecule has 156 valence electrons. The summed E-state index contributed by atoms with van der Waals surface area (Å²) in [6.07, 6.45) is 0. The molecule has 0 aliphatic rings. The molecule has 0 aliphatic heterocycles. The van der Waals surface area contributed by atoms with Crippen LogP contribution in [0.2, 0.25) is 0 Å². The fraction of sp³-hybridized carbons (Fsp3) is 0.136. The van der Waals surface area contributed by atoms with Gasteiger partial charge >= 0.3 is 0 Å². The molecule has 0 aromatic heterocycles. The third-order valence-corrected chi connectivity index (χ3v) is 6.17. The Balaban J connectivity index is 1.97. The molecule has 3 rings (SSSR count). The van der Waals surface area contributed by atoms with Crippen LogP contribution < -0.4 is 14.4 Å². The molecular weight excluding hydrogens is 407 g/mol. The number of amides is 1. The van der Waals surface area contributed by atoms with E-state index in [2.05, 4.69) is 5.32 Å². The zero-order chi connectivity index (χ0) is 21.7. The van der Waals surface area contributed by atoms with E-state index >= 15 is 0 Å². The molecule has 0 atom stereocenters. The molecule has 0 radical (unpaired) electrons. The van der Waals surface area contributed by atoms with Gasteiger partial charge in [0.1, 0.15) is 18.1 Å². The number of nitrogens with zero attached hydrogens (tertiary/aromatic N) is 1. The largest absolute Gasteiger partial charge is 0.495 e. The second-order valence-electron chi connectivity index (χ2n) is 6.52. The standard InChI is InChI=1S/C22H21FN2O4S/c1-16-11-13-17(14-12-16)30(27,28)25(20-9-5-3-7-18(20)23)15-22(26)24-19-8-4-6-10-21(19)29-2/h3-14H,15H2,1-2H3,(H,24,26). The molecule has 0 saturated heterocycles. The number of ether oxygens (including phenoxy) is 1. The zero-order valence-electron chi connectivity index (χ0n) is 16.5. The van der Waals surface area contributed by atoms with Gasteiger partial charge in [-0.2, -0.15) is 0 Å². The molecule has 0 bridgehead atoms. The van der Waals surface area contributed by atoms with Crippen LogP contribution in [0.15, 0.2) is 77.7 Å². The third kappa shape index (κ3) is 4.60. The number of para-hydroxylation sites is 3. The summed E-state index contributed by atoms with van der Waals surface area (Å²) in [7, 11) is -2.74. The lowest BCUT2D eigenvalue weighted by Gasteiger charge is -2.24. The van der Waals surface area contributed by atoms with Crippen LogP contribution in [0, 0.1) is 12.7 Å². The van der Waals surface area contributed by atoms with Crippen molar-refractivity contribution in [3.05, 3.63) is 84.2 Å². The first-order chi connectivity index (χ1) is 14.3. The number of carbonyl (C=O) groups excluding carboxylic acids is 1. The molecule has 8 heteroatoms. The number of hydrogen-bond donors (Lipinski definition) is 1. The summed E-state index contributed by atoms with van der Waals surface area (Å²) in [6.45, 7) is 1.21. The Morgan fingerprint density at radius 1 is 1.00 bits per heavy atom. The summed E-state index contributed by atoms with van der Waals surface area (Å²) in [4.78, 5) is 12.7. The minimum absolute atomic E-state index is 0.0403. The van der Waals surface area contributed by atoms with E-state index in [1.807, 2.05) is 6.92 Å². The van der Waals surface area contributed by atoms with E-state index < -0.39 is 28.3 Å². The number of carbonyl (C=O) groups is 1. The van der Waals surface area contributed by atoms with E-state index in [0.717, 1.165) is 15.9 Å². The van der Waals surface area contributed by atoms with Gasteiger partial charge in [-0.25, -0.2) is 12.8 Å². The SMILES string of the molecule is COc1ccccc1NC(=O)CN(c1ccccc1F)S(=O)(=O)c1ccc(C)cc1. The van der Waals surface area contributed by atoms with Crippen molar-refractivity contribution in [2.24, 2.45) is 0 Å².